The molecule has 0 spiro atoms. The van der Waals surface area contributed by atoms with Gasteiger partial charge < -0.3 is 14.8 Å². The first-order valence-electron chi connectivity index (χ1n) is 8.60. The number of hydrogen-bond acceptors (Lipinski definition) is 4. The molecule has 25 heavy (non-hydrogen) atoms. The zero-order valence-electron chi connectivity index (χ0n) is 14.9. The van der Waals surface area contributed by atoms with Crippen LogP contribution in [0.4, 0.5) is 0 Å². The highest BCUT2D eigenvalue weighted by atomic mass is 16.5. The van der Waals surface area contributed by atoms with E-state index in [1.54, 1.807) is 19.4 Å². The van der Waals surface area contributed by atoms with E-state index in [2.05, 4.69) is 16.4 Å². The van der Waals surface area contributed by atoms with E-state index in [0.29, 0.717) is 18.1 Å². The van der Waals surface area contributed by atoms with Crippen molar-refractivity contribution in [2.45, 2.75) is 32.7 Å². The van der Waals surface area contributed by atoms with Crippen molar-refractivity contribution in [1.29, 1.82) is 0 Å². The Labute approximate surface area is 148 Å². The Kier molecular flexibility index (Phi) is 5.22. The first-order chi connectivity index (χ1) is 12.0. The van der Waals surface area contributed by atoms with Gasteiger partial charge in [0.05, 0.1) is 13.7 Å². The molecule has 1 aromatic heterocycles. The highest BCUT2D eigenvalue weighted by molar-refractivity contribution is 5.94. The van der Waals surface area contributed by atoms with Crippen LogP contribution in [0.5, 0.6) is 11.5 Å². The monoisotopic (exact) mass is 340 g/mol. The molecule has 0 saturated heterocycles. The van der Waals surface area contributed by atoms with E-state index in [1.165, 1.54) is 5.56 Å². The molecule has 0 saturated carbocycles. The summed E-state index contributed by atoms with van der Waals surface area (Å²) in [6.45, 7) is 4.54. The number of methoxy groups -OCH3 is 1. The second-order valence-electron chi connectivity index (χ2n) is 6.72. The molecule has 0 unspecified atom stereocenters. The van der Waals surface area contributed by atoms with E-state index >= 15 is 0 Å². The minimum atomic E-state index is -0.0593. The SMILES string of the molecule is COc1ccc2c(c1)OC[C@@H](Cc1cc(C(=O)NC(C)C)ccn1)C2. The van der Waals surface area contributed by atoms with Crippen LogP contribution in [0.2, 0.25) is 0 Å². The van der Waals surface area contributed by atoms with Crippen LogP contribution in [0, 0.1) is 5.92 Å². The maximum atomic E-state index is 12.1. The average Bonchev–Trinajstić information content (AvgIpc) is 2.61. The predicted octanol–water partition coefficient (Wildman–Crippen LogP) is 3.02. The lowest BCUT2D eigenvalue weighted by molar-refractivity contribution is 0.0943. The Balaban J connectivity index is 1.68. The Morgan fingerprint density at radius 1 is 1.36 bits per heavy atom. The van der Waals surface area contributed by atoms with Crippen molar-refractivity contribution in [2.75, 3.05) is 13.7 Å². The lowest BCUT2D eigenvalue weighted by Crippen LogP contribution is -2.30. The number of nitrogens with one attached hydrogen (secondary N) is 1. The van der Waals surface area contributed by atoms with Gasteiger partial charge >= 0.3 is 0 Å². The molecule has 1 aromatic carbocycles. The van der Waals surface area contributed by atoms with Gasteiger partial charge in [0, 0.05) is 35.5 Å². The molecular weight excluding hydrogens is 316 g/mol. The van der Waals surface area contributed by atoms with Gasteiger partial charge in [0.1, 0.15) is 11.5 Å². The largest absolute Gasteiger partial charge is 0.497 e. The third-order valence-electron chi connectivity index (χ3n) is 4.25. The summed E-state index contributed by atoms with van der Waals surface area (Å²) in [6.07, 6.45) is 3.42. The topological polar surface area (TPSA) is 60.5 Å². The first-order valence-corrected chi connectivity index (χ1v) is 8.60. The molecule has 0 aliphatic carbocycles. The normalized spacial score (nSPS) is 16.1. The molecule has 1 N–H and O–H groups in total. The number of carbonyl (C=O) groups is 1. The Morgan fingerprint density at radius 3 is 2.96 bits per heavy atom. The van der Waals surface area contributed by atoms with Crippen molar-refractivity contribution in [2.24, 2.45) is 5.92 Å². The highest BCUT2D eigenvalue weighted by Gasteiger charge is 2.21. The average molecular weight is 340 g/mol. The van der Waals surface area contributed by atoms with Crippen LogP contribution in [0.1, 0.15) is 35.5 Å². The number of carbonyl (C=O) groups excluding carboxylic acids is 1. The number of nitrogens with zero attached hydrogens (tertiary/aromatic N) is 1. The maximum Gasteiger partial charge on any atom is 0.251 e. The smallest absolute Gasteiger partial charge is 0.251 e. The van der Waals surface area contributed by atoms with Gasteiger partial charge in [-0.15, -0.1) is 0 Å². The standard InChI is InChI=1S/C20H24N2O3/c1-13(2)22-20(23)16-6-7-21-17(10-16)9-14-8-15-4-5-18(24-3)11-19(15)25-12-14/h4-7,10-11,13-14H,8-9,12H2,1-3H3,(H,22,23)/t14-/m1/s1. The number of ether oxygens (including phenoxy) is 2. The number of hydrogen-bond donors (Lipinski definition) is 1. The zero-order valence-corrected chi connectivity index (χ0v) is 14.9. The molecule has 1 aliphatic rings. The number of amides is 1. The van der Waals surface area contributed by atoms with Crippen molar-refractivity contribution in [1.82, 2.24) is 10.3 Å². The fraction of sp³-hybridized carbons (Fsp3) is 0.400. The summed E-state index contributed by atoms with van der Waals surface area (Å²) in [5, 5.41) is 2.91. The molecule has 1 amide bonds. The number of benzene rings is 1. The third kappa shape index (κ3) is 4.29. The van der Waals surface area contributed by atoms with Gasteiger partial charge in [0.25, 0.3) is 5.91 Å². The number of rotatable bonds is 5. The molecule has 132 valence electrons. The minimum absolute atomic E-state index is 0.0593. The first kappa shape index (κ1) is 17.3. The third-order valence-corrected chi connectivity index (χ3v) is 4.25. The molecule has 3 rings (SSSR count). The zero-order chi connectivity index (χ0) is 17.8. The Bertz CT molecular complexity index is 758. The summed E-state index contributed by atoms with van der Waals surface area (Å²) < 4.78 is 11.1. The summed E-state index contributed by atoms with van der Waals surface area (Å²) in [5.74, 6) is 1.99. The van der Waals surface area contributed by atoms with E-state index in [1.807, 2.05) is 32.0 Å². The van der Waals surface area contributed by atoms with Crippen LogP contribution < -0.4 is 14.8 Å². The van der Waals surface area contributed by atoms with Gasteiger partial charge in [-0.25, -0.2) is 0 Å². The molecule has 1 atom stereocenters. The van der Waals surface area contributed by atoms with Crippen LogP contribution >= 0.6 is 0 Å². The molecule has 5 nitrogen and oxygen atoms in total. The molecule has 2 aromatic rings. The van der Waals surface area contributed by atoms with Crippen LogP contribution in [-0.2, 0) is 12.8 Å². The summed E-state index contributed by atoms with van der Waals surface area (Å²) in [7, 11) is 1.65. The van der Waals surface area contributed by atoms with Crippen molar-refractivity contribution in [3.8, 4) is 11.5 Å². The van der Waals surface area contributed by atoms with Crippen molar-refractivity contribution in [3.63, 3.8) is 0 Å². The summed E-state index contributed by atoms with van der Waals surface area (Å²) in [4.78, 5) is 16.6. The number of aromatic nitrogens is 1. The fourth-order valence-corrected chi connectivity index (χ4v) is 3.05. The van der Waals surface area contributed by atoms with Crippen molar-refractivity contribution >= 4 is 5.91 Å². The van der Waals surface area contributed by atoms with E-state index in [0.717, 1.165) is 30.0 Å². The van der Waals surface area contributed by atoms with Gasteiger partial charge in [0.15, 0.2) is 0 Å². The molecule has 5 heteroatoms. The minimum Gasteiger partial charge on any atom is -0.497 e. The van der Waals surface area contributed by atoms with Gasteiger partial charge in [-0.3, -0.25) is 9.78 Å². The lowest BCUT2D eigenvalue weighted by Gasteiger charge is -2.25. The predicted molar refractivity (Wildman–Crippen MR) is 96.2 cm³/mol. The van der Waals surface area contributed by atoms with Crippen LogP contribution in [0.25, 0.3) is 0 Å². The van der Waals surface area contributed by atoms with Gasteiger partial charge in [-0.05, 0) is 50.5 Å². The summed E-state index contributed by atoms with van der Waals surface area (Å²) >= 11 is 0. The fourth-order valence-electron chi connectivity index (χ4n) is 3.05. The molecule has 0 fully saturated rings. The van der Waals surface area contributed by atoms with Gasteiger partial charge in [-0.2, -0.15) is 0 Å². The number of fused-ring (bicyclic) bond motifs is 1. The van der Waals surface area contributed by atoms with Crippen LogP contribution in [0.3, 0.4) is 0 Å². The van der Waals surface area contributed by atoms with Crippen molar-refractivity contribution in [3.05, 3.63) is 53.3 Å². The second kappa shape index (κ2) is 7.55. The molecule has 0 bridgehead atoms. The summed E-state index contributed by atoms with van der Waals surface area (Å²) in [6, 6.07) is 9.69. The lowest BCUT2D eigenvalue weighted by atomic mass is 9.92. The molecule has 2 heterocycles. The van der Waals surface area contributed by atoms with E-state index in [-0.39, 0.29) is 11.9 Å². The maximum absolute atomic E-state index is 12.1. The second-order valence-corrected chi connectivity index (χ2v) is 6.72. The van der Waals surface area contributed by atoms with E-state index < -0.39 is 0 Å². The molecular formula is C20H24N2O3. The molecule has 1 aliphatic heterocycles. The summed E-state index contributed by atoms with van der Waals surface area (Å²) in [5.41, 5.74) is 2.76. The van der Waals surface area contributed by atoms with Gasteiger partial charge in [0.2, 0.25) is 0 Å². The highest BCUT2D eigenvalue weighted by Crippen LogP contribution is 2.32. The van der Waals surface area contributed by atoms with E-state index in [9.17, 15) is 4.79 Å². The molecule has 0 radical (unpaired) electrons. The van der Waals surface area contributed by atoms with Crippen molar-refractivity contribution < 1.29 is 14.3 Å². The number of pyridine rings is 1. The quantitative estimate of drug-likeness (QED) is 0.909. The Morgan fingerprint density at radius 2 is 2.20 bits per heavy atom. The van der Waals surface area contributed by atoms with Crippen LogP contribution in [0.15, 0.2) is 36.5 Å². The van der Waals surface area contributed by atoms with E-state index in [4.69, 9.17) is 9.47 Å². The Hall–Kier alpha value is -2.56. The van der Waals surface area contributed by atoms with Gasteiger partial charge in [-0.1, -0.05) is 6.07 Å². The van der Waals surface area contributed by atoms with Crippen LogP contribution in [-0.4, -0.2) is 30.6 Å².